The summed E-state index contributed by atoms with van der Waals surface area (Å²) in [6.07, 6.45) is 9.87. The van der Waals surface area contributed by atoms with E-state index in [1.165, 1.54) is 30.1 Å². The van der Waals surface area contributed by atoms with Gasteiger partial charge in [0, 0.05) is 18.9 Å². The molecule has 170 valence electrons. The van der Waals surface area contributed by atoms with E-state index in [4.69, 9.17) is 4.74 Å². The molecule has 2 saturated carbocycles. The molecular formula is C29H36O3. The number of benzene rings is 1. The van der Waals surface area contributed by atoms with E-state index in [0.29, 0.717) is 17.8 Å². The SMILES string of the molecule is CC(=O)O[C@@H]1CC[C@@]2(C)C(=CCC3C2CC[C@]2(C)C(C(C)=O)=C(c4ccccc4)CC32)C1. The molecule has 0 aromatic heterocycles. The van der Waals surface area contributed by atoms with Gasteiger partial charge >= 0.3 is 5.97 Å². The number of esters is 1. The third kappa shape index (κ3) is 3.23. The molecule has 1 aromatic rings. The molecule has 0 aliphatic heterocycles. The highest BCUT2D eigenvalue weighted by molar-refractivity contribution is 6.03. The monoisotopic (exact) mass is 432 g/mol. The number of carbonyl (C=O) groups is 2. The van der Waals surface area contributed by atoms with E-state index < -0.39 is 0 Å². The second-order valence-electron chi connectivity index (χ2n) is 11.2. The van der Waals surface area contributed by atoms with Crippen LogP contribution in [0.1, 0.15) is 78.2 Å². The summed E-state index contributed by atoms with van der Waals surface area (Å²) < 4.78 is 5.59. The molecule has 3 nitrogen and oxygen atoms in total. The van der Waals surface area contributed by atoms with Gasteiger partial charge in [0.25, 0.3) is 0 Å². The highest BCUT2D eigenvalue weighted by Crippen LogP contribution is 2.67. The van der Waals surface area contributed by atoms with Gasteiger partial charge in [0.15, 0.2) is 5.78 Å². The number of ether oxygens (including phenoxy) is 1. The van der Waals surface area contributed by atoms with Crippen LogP contribution in [0.4, 0.5) is 0 Å². The maximum atomic E-state index is 13.0. The lowest BCUT2D eigenvalue weighted by atomic mass is 9.47. The van der Waals surface area contributed by atoms with Gasteiger partial charge in [-0.2, -0.15) is 0 Å². The molecule has 2 fully saturated rings. The first-order valence-corrected chi connectivity index (χ1v) is 12.4. The summed E-state index contributed by atoms with van der Waals surface area (Å²) in [5.41, 5.74) is 5.32. The predicted molar refractivity (Wildman–Crippen MR) is 127 cm³/mol. The van der Waals surface area contributed by atoms with E-state index >= 15 is 0 Å². The van der Waals surface area contributed by atoms with Gasteiger partial charge < -0.3 is 4.74 Å². The minimum absolute atomic E-state index is 0.0190. The van der Waals surface area contributed by atoms with Crippen molar-refractivity contribution in [1.29, 1.82) is 0 Å². The Labute approximate surface area is 192 Å². The fraction of sp³-hybridized carbons (Fsp3) is 0.586. The highest BCUT2D eigenvalue weighted by atomic mass is 16.5. The normalized spacial score (nSPS) is 38.3. The van der Waals surface area contributed by atoms with Crippen LogP contribution in [0, 0.1) is 28.6 Å². The maximum Gasteiger partial charge on any atom is 0.302 e. The lowest BCUT2D eigenvalue weighted by Crippen LogP contribution is -2.50. The van der Waals surface area contributed by atoms with Crippen LogP contribution in [-0.2, 0) is 14.3 Å². The Morgan fingerprint density at radius 2 is 1.66 bits per heavy atom. The molecule has 0 heterocycles. The van der Waals surface area contributed by atoms with Crippen molar-refractivity contribution in [2.45, 2.75) is 78.7 Å². The van der Waals surface area contributed by atoms with Crippen molar-refractivity contribution >= 4 is 17.3 Å². The lowest BCUT2D eigenvalue weighted by Gasteiger charge is -2.57. The molecule has 3 unspecified atom stereocenters. The van der Waals surface area contributed by atoms with Crippen molar-refractivity contribution in [2.24, 2.45) is 28.6 Å². The zero-order valence-corrected chi connectivity index (χ0v) is 19.9. The first-order chi connectivity index (χ1) is 15.2. The Morgan fingerprint density at radius 1 is 0.938 bits per heavy atom. The van der Waals surface area contributed by atoms with Crippen molar-refractivity contribution in [2.75, 3.05) is 0 Å². The second-order valence-corrected chi connectivity index (χ2v) is 11.2. The summed E-state index contributed by atoms with van der Waals surface area (Å²) in [5, 5.41) is 0. The largest absolute Gasteiger partial charge is 0.462 e. The minimum Gasteiger partial charge on any atom is -0.462 e. The van der Waals surface area contributed by atoms with Gasteiger partial charge in [-0.05, 0) is 85.2 Å². The topological polar surface area (TPSA) is 43.4 Å². The van der Waals surface area contributed by atoms with Crippen LogP contribution >= 0.6 is 0 Å². The zero-order valence-electron chi connectivity index (χ0n) is 19.9. The van der Waals surface area contributed by atoms with Crippen molar-refractivity contribution in [3.63, 3.8) is 0 Å². The van der Waals surface area contributed by atoms with E-state index in [1.54, 1.807) is 6.92 Å². The maximum absolute atomic E-state index is 13.0. The Kier molecular flexibility index (Phi) is 5.22. The Morgan fingerprint density at radius 3 is 2.34 bits per heavy atom. The van der Waals surface area contributed by atoms with Crippen LogP contribution in [0.5, 0.6) is 0 Å². The lowest BCUT2D eigenvalue weighted by molar-refractivity contribution is -0.148. The standard InChI is InChI=1S/C29H36O3/c1-18(30)27-24(20-8-6-5-7-9-20)17-26-23-11-10-21-16-22(32-19(2)31)12-14-28(21,3)25(23)13-15-29(26,27)4/h5-10,22-23,25-26H,11-17H2,1-4H3/t22-,23?,25?,26?,28+,29+/m1/s1. The number of fused-ring (bicyclic) bond motifs is 5. The number of ketones is 1. The summed E-state index contributed by atoms with van der Waals surface area (Å²) in [4.78, 5) is 24.5. The van der Waals surface area contributed by atoms with Crippen LogP contribution in [0.25, 0.3) is 5.57 Å². The van der Waals surface area contributed by atoms with Gasteiger partial charge in [-0.25, -0.2) is 0 Å². The smallest absolute Gasteiger partial charge is 0.302 e. The third-order valence-corrected chi connectivity index (χ3v) is 9.55. The van der Waals surface area contributed by atoms with Gasteiger partial charge in [0.1, 0.15) is 6.10 Å². The molecule has 0 spiro atoms. The quantitative estimate of drug-likeness (QED) is 0.403. The first-order valence-electron chi connectivity index (χ1n) is 12.4. The molecular weight excluding hydrogens is 396 g/mol. The summed E-state index contributed by atoms with van der Waals surface area (Å²) in [5.74, 6) is 1.89. The molecule has 32 heavy (non-hydrogen) atoms. The van der Waals surface area contributed by atoms with Crippen LogP contribution in [0.3, 0.4) is 0 Å². The van der Waals surface area contributed by atoms with Crippen molar-refractivity contribution < 1.29 is 14.3 Å². The van der Waals surface area contributed by atoms with Crippen LogP contribution < -0.4 is 0 Å². The van der Waals surface area contributed by atoms with Crippen molar-refractivity contribution in [3.8, 4) is 0 Å². The number of carbonyl (C=O) groups excluding carboxylic acids is 2. The Balaban J connectivity index is 1.48. The minimum atomic E-state index is -0.163. The fourth-order valence-electron chi connectivity index (χ4n) is 8.15. The van der Waals surface area contributed by atoms with Gasteiger partial charge in [-0.3, -0.25) is 9.59 Å². The van der Waals surface area contributed by atoms with E-state index in [-0.39, 0.29) is 28.7 Å². The van der Waals surface area contributed by atoms with Gasteiger partial charge in [0.2, 0.25) is 0 Å². The van der Waals surface area contributed by atoms with E-state index in [1.807, 2.05) is 0 Å². The molecule has 4 aliphatic rings. The first kappa shape index (κ1) is 21.7. The zero-order chi connectivity index (χ0) is 22.7. The predicted octanol–water partition coefficient (Wildman–Crippen LogP) is 6.53. The van der Waals surface area contributed by atoms with Gasteiger partial charge in [-0.1, -0.05) is 55.8 Å². The Hall–Kier alpha value is -2.16. The molecule has 6 atom stereocenters. The van der Waals surface area contributed by atoms with Crippen LogP contribution in [0.15, 0.2) is 47.6 Å². The Bertz CT molecular complexity index is 1000. The highest BCUT2D eigenvalue weighted by Gasteiger charge is 2.58. The second kappa shape index (κ2) is 7.71. The third-order valence-electron chi connectivity index (χ3n) is 9.55. The average molecular weight is 433 g/mol. The number of hydrogen-bond donors (Lipinski definition) is 0. The van der Waals surface area contributed by atoms with E-state index in [9.17, 15) is 9.59 Å². The molecule has 5 rings (SSSR count). The van der Waals surface area contributed by atoms with E-state index in [2.05, 4.69) is 50.3 Å². The number of rotatable bonds is 3. The molecule has 0 N–H and O–H groups in total. The fourth-order valence-corrected chi connectivity index (χ4v) is 8.15. The number of hydrogen-bond acceptors (Lipinski definition) is 3. The molecule has 3 heteroatoms. The average Bonchev–Trinajstić information content (AvgIpc) is 3.08. The van der Waals surface area contributed by atoms with Gasteiger partial charge in [-0.15, -0.1) is 0 Å². The van der Waals surface area contributed by atoms with Gasteiger partial charge in [0.05, 0.1) is 0 Å². The molecule has 1 aromatic carbocycles. The van der Waals surface area contributed by atoms with Crippen molar-refractivity contribution in [3.05, 3.63) is 53.1 Å². The molecule has 0 amide bonds. The summed E-state index contributed by atoms with van der Waals surface area (Å²) in [6.45, 7) is 8.13. The summed E-state index contributed by atoms with van der Waals surface area (Å²) in [6, 6.07) is 10.6. The summed E-state index contributed by atoms with van der Waals surface area (Å²) >= 11 is 0. The van der Waals surface area contributed by atoms with Crippen LogP contribution in [0.2, 0.25) is 0 Å². The van der Waals surface area contributed by atoms with E-state index in [0.717, 1.165) is 44.1 Å². The summed E-state index contributed by atoms with van der Waals surface area (Å²) in [7, 11) is 0. The molecule has 0 bridgehead atoms. The van der Waals surface area contributed by atoms with Crippen LogP contribution in [-0.4, -0.2) is 17.9 Å². The number of allylic oxidation sites excluding steroid dienone is 3. The number of Topliss-reactive ketones (excluding diaryl/α,β-unsaturated/α-hetero) is 1. The molecule has 0 radical (unpaired) electrons. The van der Waals surface area contributed by atoms with Crippen molar-refractivity contribution in [1.82, 2.24) is 0 Å². The molecule has 0 saturated heterocycles. The molecule has 4 aliphatic carbocycles.